The van der Waals surface area contributed by atoms with Crippen LogP contribution in [0.3, 0.4) is 0 Å². The molecule has 0 aromatic heterocycles. The van der Waals surface area contributed by atoms with Gasteiger partial charge in [-0.25, -0.2) is 0 Å². The van der Waals surface area contributed by atoms with Gasteiger partial charge < -0.3 is 10.5 Å². The van der Waals surface area contributed by atoms with Crippen LogP contribution in [0, 0.1) is 0 Å². The topological polar surface area (TPSA) is 35.2 Å². The van der Waals surface area contributed by atoms with Crippen LogP contribution in [0.4, 0.5) is 0 Å². The van der Waals surface area contributed by atoms with Gasteiger partial charge in [0.2, 0.25) is 0 Å². The van der Waals surface area contributed by atoms with E-state index in [1.807, 2.05) is 6.92 Å². The fourth-order valence-corrected chi connectivity index (χ4v) is 1.81. The minimum Gasteiger partial charge on any atom is -0.494 e. The van der Waals surface area contributed by atoms with Crippen molar-refractivity contribution in [3.05, 3.63) is 29.8 Å². The summed E-state index contributed by atoms with van der Waals surface area (Å²) in [7, 11) is 0. The summed E-state index contributed by atoms with van der Waals surface area (Å²) in [6.07, 6.45) is 3.28. The molecule has 2 N–H and O–H groups in total. The second-order valence-electron chi connectivity index (χ2n) is 6.10. The van der Waals surface area contributed by atoms with Gasteiger partial charge in [-0.3, -0.25) is 0 Å². The Hall–Kier alpha value is -1.02. The van der Waals surface area contributed by atoms with E-state index in [2.05, 4.69) is 45.0 Å². The molecule has 0 bridgehead atoms. The summed E-state index contributed by atoms with van der Waals surface area (Å²) in [5.74, 6) is 0.962. The SMILES string of the molecule is CC(N)CCCCOc1ccc(C(C)(C)C)cc1. The van der Waals surface area contributed by atoms with Crippen molar-refractivity contribution in [1.82, 2.24) is 0 Å². The van der Waals surface area contributed by atoms with Crippen LogP contribution in [-0.4, -0.2) is 12.6 Å². The van der Waals surface area contributed by atoms with Crippen LogP contribution in [0.5, 0.6) is 5.75 Å². The highest BCUT2D eigenvalue weighted by molar-refractivity contribution is 5.31. The lowest BCUT2D eigenvalue weighted by Gasteiger charge is -2.19. The highest BCUT2D eigenvalue weighted by Gasteiger charge is 2.12. The predicted molar refractivity (Wildman–Crippen MR) is 78.1 cm³/mol. The first-order valence-corrected chi connectivity index (χ1v) is 6.88. The van der Waals surface area contributed by atoms with Gasteiger partial charge in [0.05, 0.1) is 6.61 Å². The molecule has 0 spiro atoms. The molecule has 1 aromatic rings. The van der Waals surface area contributed by atoms with Gasteiger partial charge in [-0.2, -0.15) is 0 Å². The molecule has 0 aliphatic heterocycles. The van der Waals surface area contributed by atoms with Gasteiger partial charge in [-0.1, -0.05) is 32.9 Å². The van der Waals surface area contributed by atoms with E-state index < -0.39 is 0 Å². The van der Waals surface area contributed by atoms with E-state index >= 15 is 0 Å². The molecule has 0 heterocycles. The van der Waals surface area contributed by atoms with Crippen LogP contribution in [0.1, 0.15) is 52.5 Å². The fourth-order valence-electron chi connectivity index (χ4n) is 1.81. The summed E-state index contributed by atoms with van der Waals surface area (Å²) in [5, 5.41) is 0. The third-order valence-corrected chi connectivity index (χ3v) is 3.04. The predicted octanol–water partition coefficient (Wildman–Crippen LogP) is 3.88. The first-order chi connectivity index (χ1) is 8.39. The van der Waals surface area contributed by atoms with Crippen molar-refractivity contribution in [2.75, 3.05) is 6.61 Å². The van der Waals surface area contributed by atoms with Crippen molar-refractivity contribution in [3.8, 4) is 5.75 Å². The Morgan fingerprint density at radius 2 is 1.72 bits per heavy atom. The lowest BCUT2D eigenvalue weighted by Crippen LogP contribution is -2.14. The van der Waals surface area contributed by atoms with Gasteiger partial charge in [0.1, 0.15) is 5.75 Å². The van der Waals surface area contributed by atoms with Crippen LogP contribution in [0.25, 0.3) is 0 Å². The van der Waals surface area contributed by atoms with Gasteiger partial charge >= 0.3 is 0 Å². The Morgan fingerprint density at radius 3 is 2.22 bits per heavy atom. The lowest BCUT2D eigenvalue weighted by molar-refractivity contribution is 0.303. The summed E-state index contributed by atoms with van der Waals surface area (Å²) in [5.41, 5.74) is 7.25. The third-order valence-electron chi connectivity index (χ3n) is 3.04. The molecule has 2 heteroatoms. The van der Waals surface area contributed by atoms with E-state index in [-0.39, 0.29) is 5.41 Å². The lowest BCUT2D eigenvalue weighted by atomic mass is 9.87. The molecule has 0 aliphatic rings. The van der Waals surface area contributed by atoms with Crippen molar-refractivity contribution < 1.29 is 4.74 Å². The molecular weight excluding hydrogens is 222 g/mol. The fraction of sp³-hybridized carbons (Fsp3) is 0.625. The van der Waals surface area contributed by atoms with E-state index in [4.69, 9.17) is 10.5 Å². The smallest absolute Gasteiger partial charge is 0.119 e. The van der Waals surface area contributed by atoms with E-state index in [1.54, 1.807) is 0 Å². The number of hydrogen-bond acceptors (Lipinski definition) is 2. The molecule has 0 radical (unpaired) electrons. The first-order valence-electron chi connectivity index (χ1n) is 6.88. The van der Waals surface area contributed by atoms with Gasteiger partial charge in [-0.05, 0) is 49.3 Å². The average molecular weight is 249 g/mol. The van der Waals surface area contributed by atoms with Crippen molar-refractivity contribution in [2.24, 2.45) is 5.73 Å². The normalized spacial score (nSPS) is 13.4. The molecule has 0 amide bonds. The zero-order chi connectivity index (χ0) is 13.6. The maximum absolute atomic E-state index is 5.71. The van der Waals surface area contributed by atoms with E-state index in [0.717, 1.165) is 31.6 Å². The molecule has 1 rings (SSSR count). The maximum atomic E-state index is 5.71. The van der Waals surface area contributed by atoms with Crippen LogP contribution in [-0.2, 0) is 5.41 Å². The minimum atomic E-state index is 0.204. The Kier molecular flexibility index (Phi) is 5.67. The number of unbranched alkanes of at least 4 members (excludes halogenated alkanes) is 1. The van der Waals surface area contributed by atoms with Crippen LogP contribution < -0.4 is 10.5 Å². The molecule has 0 saturated carbocycles. The summed E-state index contributed by atoms with van der Waals surface area (Å²) in [6.45, 7) is 9.48. The number of nitrogens with two attached hydrogens (primary N) is 1. The van der Waals surface area contributed by atoms with E-state index in [1.165, 1.54) is 5.56 Å². The molecule has 0 fully saturated rings. The zero-order valence-electron chi connectivity index (χ0n) is 12.2. The summed E-state index contributed by atoms with van der Waals surface area (Å²) in [4.78, 5) is 0. The van der Waals surface area contributed by atoms with Crippen LogP contribution in [0.2, 0.25) is 0 Å². The Balaban J connectivity index is 2.31. The van der Waals surface area contributed by atoms with Crippen molar-refractivity contribution in [3.63, 3.8) is 0 Å². The van der Waals surface area contributed by atoms with Crippen LogP contribution >= 0.6 is 0 Å². The Morgan fingerprint density at radius 1 is 1.11 bits per heavy atom. The monoisotopic (exact) mass is 249 g/mol. The molecule has 2 nitrogen and oxygen atoms in total. The number of hydrogen-bond donors (Lipinski definition) is 1. The largest absolute Gasteiger partial charge is 0.494 e. The molecule has 18 heavy (non-hydrogen) atoms. The number of benzene rings is 1. The second-order valence-corrected chi connectivity index (χ2v) is 6.10. The van der Waals surface area contributed by atoms with Gasteiger partial charge in [-0.15, -0.1) is 0 Å². The summed E-state index contributed by atoms with van der Waals surface area (Å²) < 4.78 is 5.71. The zero-order valence-corrected chi connectivity index (χ0v) is 12.2. The van der Waals surface area contributed by atoms with E-state index in [0.29, 0.717) is 6.04 Å². The van der Waals surface area contributed by atoms with Crippen molar-refractivity contribution >= 4 is 0 Å². The molecule has 102 valence electrons. The quantitative estimate of drug-likeness (QED) is 0.776. The first kappa shape index (κ1) is 15.0. The highest BCUT2D eigenvalue weighted by Crippen LogP contribution is 2.24. The summed E-state index contributed by atoms with van der Waals surface area (Å²) >= 11 is 0. The third kappa shape index (κ3) is 5.54. The highest BCUT2D eigenvalue weighted by atomic mass is 16.5. The van der Waals surface area contributed by atoms with Crippen molar-refractivity contribution in [2.45, 2.75) is 58.4 Å². The molecule has 0 aliphatic carbocycles. The second kappa shape index (κ2) is 6.79. The maximum Gasteiger partial charge on any atom is 0.119 e. The van der Waals surface area contributed by atoms with Crippen LogP contribution in [0.15, 0.2) is 24.3 Å². The summed E-state index contributed by atoms with van der Waals surface area (Å²) in [6, 6.07) is 8.73. The van der Waals surface area contributed by atoms with Crippen molar-refractivity contribution in [1.29, 1.82) is 0 Å². The number of rotatable bonds is 6. The van der Waals surface area contributed by atoms with Gasteiger partial charge in [0, 0.05) is 6.04 Å². The van der Waals surface area contributed by atoms with Gasteiger partial charge in [0.25, 0.3) is 0 Å². The van der Waals surface area contributed by atoms with E-state index in [9.17, 15) is 0 Å². The Bertz CT molecular complexity index is 335. The molecular formula is C16H27NO. The molecule has 1 aromatic carbocycles. The van der Waals surface area contributed by atoms with Gasteiger partial charge in [0.15, 0.2) is 0 Å². The molecule has 0 saturated heterocycles. The minimum absolute atomic E-state index is 0.204. The molecule has 1 unspecified atom stereocenters. The average Bonchev–Trinajstić information content (AvgIpc) is 2.27. The number of ether oxygens (including phenoxy) is 1. The Labute approximate surface area is 112 Å². The standard InChI is InChI=1S/C16H27NO/c1-13(17)7-5-6-12-18-15-10-8-14(9-11-15)16(2,3)4/h8-11,13H,5-7,12,17H2,1-4H3. The molecule has 1 atom stereocenters.